The fraction of sp³-hybridized carbons (Fsp3) is 0.550. The summed E-state index contributed by atoms with van der Waals surface area (Å²) in [7, 11) is 0. The van der Waals surface area contributed by atoms with Crippen molar-refractivity contribution < 1.29 is 18.8 Å². The molecule has 0 spiro atoms. The molecule has 2 aliphatic rings. The van der Waals surface area contributed by atoms with E-state index < -0.39 is 23.3 Å². The summed E-state index contributed by atoms with van der Waals surface area (Å²) in [5.41, 5.74) is -1.17. The first kappa shape index (κ1) is 20.6. The molecule has 1 aliphatic carbocycles. The molecule has 0 aromatic heterocycles. The lowest BCUT2D eigenvalue weighted by Gasteiger charge is -2.34. The second-order valence-electron chi connectivity index (χ2n) is 8.01. The number of hydrogen-bond donors (Lipinski definition) is 2. The average molecular weight is 410 g/mol. The van der Waals surface area contributed by atoms with Crippen LogP contribution in [0.3, 0.4) is 0 Å². The summed E-state index contributed by atoms with van der Waals surface area (Å²) >= 11 is 6.08. The zero-order valence-electron chi connectivity index (χ0n) is 16.2. The van der Waals surface area contributed by atoms with Crippen molar-refractivity contribution >= 4 is 29.4 Å². The number of urea groups is 1. The first-order chi connectivity index (χ1) is 13.1. The van der Waals surface area contributed by atoms with Gasteiger partial charge in [-0.2, -0.15) is 0 Å². The highest BCUT2D eigenvalue weighted by atomic mass is 35.5. The maximum Gasteiger partial charge on any atom is 0.325 e. The van der Waals surface area contributed by atoms with E-state index >= 15 is 0 Å². The molecule has 2 N–H and O–H groups in total. The van der Waals surface area contributed by atoms with Crippen LogP contribution >= 0.6 is 11.6 Å². The molecule has 0 radical (unpaired) electrons. The standard InChI is InChI=1S/C20H25ClFN3O3/c1-11-5-4-6-16(12(11)2)23-17(26)10-25-18(27)20(3,24-19(25)28)14-8-7-13(22)9-15(14)21/h7-9,11-12,16H,4-6,10H2,1-3H3,(H,23,26)(H,24,28). The Morgan fingerprint density at radius 1 is 1.36 bits per heavy atom. The van der Waals surface area contributed by atoms with Crippen molar-refractivity contribution in [2.24, 2.45) is 11.8 Å². The Bertz CT molecular complexity index is 818. The van der Waals surface area contributed by atoms with Gasteiger partial charge >= 0.3 is 6.03 Å². The third-order valence-electron chi connectivity index (χ3n) is 6.10. The van der Waals surface area contributed by atoms with Crippen LogP contribution < -0.4 is 10.6 Å². The van der Waals surface area contributed by atoms with Crippen molar-refractivity contribution in [2.45, 2.75) is 51.6 Å². The number of amides is 4. The smallest absolute Gasteiger partial charge is 0.325 e. The molecule has 1 aromatic carbocycles. The van der Waals surface area contributed by atoms with Crippen LogP contribution in [0.15, 0.2) is 18.2 Å². The molecule has 1 heterocycles. The van der Waals surface area contributed by atoms with Crippen molar-refractivity contribution in [3.63, 3.8) is 0 Å². The van der Waals surface area contributed by atoms with E-state index in [1.165, 1.54) is 19.1 Å². The Hall–Kier alpha value is -2.15. The number of rotatable bonds is 4. The van der Waals surface area contributed by atoms with Gasteiger partial charge < -0.3 is 10.6 Å². The third kappa shape index (κ3) is 3.72. The Balaban J connectivity index is 1.72. The highest BCUT2D eigenvalue weighted by Gasteiger charge is 2.50. The van der Waals surface area contributed by atoms with Gasteiger partial charge in [0.1, 0.15) is 17.9 Å². The normalized spacial score (nSPS) is 30.3. The molecule has 152 valence electrons. The van der Waals surface area contributed by atoms with Gasteiger partial charge in [0.25, 0.3) is 5.91 Å². The van der Waals surface area contributed by atoms with Crippen LogP contribution in [0.4, 0.5) is 9.18 Å². The van der Waals surface area contributed by atoms with Gasteiger partial charge in [-0.1, -0.05) is 44.4 Å². The Morgan fingerprint density at radius 3 is 2.75 bits per heavy atom. The number of nitrogens with zero attached hydrogens (tertiary/aromatic N) is 1. The van der Waals surface area contributed by atoms with E-state index in [-0.39, 0.29) is 29.1 Å². The van der Waals surface area contributed by atoms with Crippen molar-refractivity contribution in [3.05, 3.63) is 34.6 Å². The van der Waals surface area contributed by atoms with E-state index in [1.807, 2.05) is 0 Å². The SMILES string of the molecule is CC1CCCC(NC(=O)CN2C(=O)NC(C)(c3ccc(F)cc3Cl)C2=O)C1C. The van der Waals surface area contributed by atoms with Crippen molar-refractivity contribution in [1.29, 1.82) is 0 Å². The Kier molecular flexibility index (Phi) is 5.66. The number of benzene rings is 1. The van der Waals surface area contributed by atoms with E-state index in [4.69, 9.17) is 11.6 Å². The second-order valence-corrected chi connectivity index (χ2v) is 8.42. The van der Waals surface area contributed by atoms with E-state index in [1.54, 1.807) is 0 Å². The minimum atomic E-state index is -1.45. The van der Waals surface area contributed by atoms with Crippen LogP contribution in [0.5, 0.6) is 0 Å². The molecule has 1 saturated carbocycles. The summed E-state index contributed by atoms with van der Waals surface area (Å²) < 4.78 is 13.3. The topological polar surface area (TPSA) is 78.5 Å². The number of imide groups is 1. The summed E-state index contributed by atoms with van der Waals surface area (Å²) in [6, 6.07) is 2.99. The third-order valence-corrected chi connectivity index (χ3v) is 6.41. The summed E-state index contributed by atoms with van der Waals surface area (Å²) in [5, 5.41) is 5.58. The molecule has 2 fully saturated rings. The lowest BCUT2D eigenvalue weighted by atomic mass is 9.78. The number of carbonyl (C=O) groups excluding carboxylic acids is 3. The van der Waals surface area contributed by atoms with Gasteiger partial charge in [-0.3, -0.25) is 14.5 Å². The highest BCUT2D eigenvalue weighted by molar-refractivity contribution is 6.32. The summed E-state index contributed by atoms with van der Waals surface area (Å²) in [6.07, 6.45) is 3.07. The van der Waals surface area contributed by atoms with Gasteiger partial charge in [0.2, 0.25) is 5.91 Å². The van der Waals surface area contributed by atoms with Gasteiger partial charge in [0.15, 0.2) is 0 Å². The number of nitrogens with one attached hydrogen (secondary N) is 2. The summed E-state index contributed by atoms with van der Waals surface area (Å²) in [4.78, 5) is 38.7. The zero-order valence-corrected chi connectivity index (χ0v) is 17.0. The fourth-order valence-electron chi connectivity index (χ4n) is 4.10. The summed E-state index contributed by atoms with van der Waals surface area (Å²) in [5.74, 6) is -0.653. The maximum absolute atomic E-state index is 13.3. The monoisotopic (exact) mass is 409 g/mol. The molecule has 1 aliphatic heterocycles. The van der Waals surface area contributed by atoms with Crippen LogP contribution in [0.2, 0.25) is 5.02 Å². The largest absolute Gasteiger partial charge is 0.352 e. The molecular weight excluding hydrogens is 385 g/mol. The molecular formula is C20H25ClFN3O3. The van der Waals surface area contributed by atoms with Crippen LogP contribution in [0, 0.1) is 17.7 Å². The maximum atomic E-state index is 13.3. The lowest BCUT2D eigenvalue weighted by molar-refractivity contribution is -0.135. The van der Waals surface area contributed by atoms with Crippen molar-refractivity contribution in [3.8, 4) is 0 Å². The van der Waals surface area contributed by atoms with Crippen LogP contribution in [0.25, 0.3) is 0 Å². The molecule has 4 unspecified atom stereocenters. The first-order valence-corrected chi connectivity index (χ1v) is 9.90. The van der Waals surface area contributed by atoms with E-state index in [2.05, 4.69) is 24.5 Å². The molecule has 8 heteroatoms. The second kappa shape index (κ2) is 7.70. The zero-order chi connectivity index (χ0) is 20.6. The van der Waals surface area contributed by atoms with E-state index in [0.29, 0.717) is 11.8 Å². The Morgan fingerprint density at radius 2 is 2.07 bits per heavy atom. The molecule has 4 atom stereocenters. The number of halogens is 2. The molecule has 1 saturated heterocycles. The minimum Gasteiger partial charge on any atom is -0.352 e. The van der Waals surface area contributed by atoms with Gasteiger partial charge in [0.05, 0.1) is 0 Å². The molecule has 28 heavy (non-hydrogen) atoms. The molecule has 3 rings (SSSR count). The van der Waals surface area contributed by atoms with Crippen LogP contribution in [-0.2, 0) is 15.1 Å². The van der Waals surface area contributed by atoms with Crippen LogP contribution in [-0.4, -0.2) is 35.3 Å². The van der Waals surface area contributed by atoms with Gasteiger partial charge in [-0.05, 0) is 37.3 Å². The fourth-order valence-corrected chi connectivity index (χ4v) is 4.46. The van der Waals surface area contributed by atoms with Crippen molar-refractivity contribution in [2.75, 3.05) is 6.54 Å². The Labute approximate surface area is 168 Å². The molecule has 6 nitrogen and oxygen atoms in total. The summed E-state index contributed by atoms with van der Waals surface area (Å²) in [6.45, 7) is 5.40. The molecule has 4 amide bonds. The molecule has 0 bridgehead atoms. The number of carbonyl (C=O) groups is 3. The van der Waals surface area contributed by atoms with E-state index in [9.17, 15) is 18.8 Å². The highest BCUT2D eigenvalue weighted by Crippen LogP contribution is 2.34. The van der Waals surface area contributed by atoms with Gasteiger partial charge in [-0.15, -0.1) is 0 Å². The van der Waals surface area contributed by atoms with Gasteiger partial charge in [0, 0.05) is 16.6 Å². The average Bonchev–Trinajstić information content (AvgIpc) is 2.82. The predicted molar refractivity (Wildman–Crippen MR) is 103 cm³/mol. The quantitative estimate of drug-likeness (QED) is 0.749. The minimum absolute atomic E-state index is 0.0347. The number of hydrogen-bond acceptors (Lipinski definition) is 3. The van der Waals surface area contributed by atoms with Crippen LogP contribution in [0.1, 0.15) is 45.6 Å². The van der Waals surface area contributed by atoms with Gasteiger partial charge in [-0.25, -0.2) is 9.18 Å². The predicted octanol–water partition coefficient (Wildman–Crippen LogP) is 3.19. The first-order valence-electron chi connectivity index (χ1n) is 9.52. The lowest BCUT2D eigenvalue weighted by Crippen LogP contribution is -2.49. The van der Waals surface area contributed by atoms with E-state index in [0.717, 1.165) is 30.2 Å². The van der Waals surface area contributed by atoms with Crippen molar-refractivity contribution in [1.82, 2.24) is 15.5 Å². The molecule has 1 aromatic rings.